The maximum atomic E-state index is 13.4. The van der Waals surface area contributed by atoms with E-state index in [9.17, 15) is 4.39 Å². The van der Waals surface area contributed by atoms with E-state index in [0.29, 0.717) is 11.5 Å². The first-order valence-electron chi connectivity index (χ1n) is 8.37. The van der Waals surface area contributed by atoms with Crippen molar-refractivity contribution in [2.45, 2.75) is 64.8 Å². The molecule has 1 atom stereocenters. The lowest BCUT2D eigenvalue weighted by Crippen LogP contribution is -2.35. The van der Waals surface area contributed by atoms with Crippen LogP contribution in [0.5, 0.6) is 0 Å². The van der Waals surface area contributed by atoms with E-state index in [2.05, 4.69) is 12.3 Å². The minimum absolute atomic E-state index is 0.141. The average Bonchev–Trinajstić information content (AvgIpc) is 2.50. The number of nitrogens with one attached hydrogen (secondary N) is 1. The Kier molecular flexibility index (Phi) is 6.19. The van der Waals surface area contributed by atoms with Gasteiger partial charge in [-0.15, -0.1) is 0 Å². The van der Waals surface area contributed by atoms with Crippen molar-refractivity contribution in [3.63, 3.8) is 0 Å². The maximum Gasteiger partial charge on any atom is 0.126 e. The molecule has 1 saturated carbocycles. The van der Waals surface area contributed by atoms with Crippen LogP contribution in [-0.4, -0.2) is 0 Å². The lowest BCUT2D eigenvalue weighted by molar-refractivity contribution is 0.213. The predicted molar refractivity (Wildman–Crippen MR) is 86.2 cm³/mol. The van der Waals surface area contributed by atoms with E-state index in [0.717, 1.165) is 11.5 Å². The summed E-state index contributed by atoms with van der Waals surface area (Å²) in [5.41, 5.74) is 4.79. The van der Waals surface area contributed by atoms with Crippen LogP contribution in [0.15, 0.2) is 18.2 Å². The van der Waals surface area contributed by atoms with Gasteiger partial charge in [-0.2, -0.15) is 0 Å². The van der Waals surface area contributed by atoms with Gasteiger partial charge in [0.1, 0.15) is 5.82 Å². The molecule has 0 spiro atoms. The maximum absolute atomic E-state index is 13.4. The molecule has 3 N–H and O–H groups in total. The largest absolute Gasteiger partial charge is 0.271 e. The summed E-state index contributed by atoms with van der Waals surface area (Å²) >= 11 is 0. The molecule has 0 bridgehead atoms. The van der Waals surface area contributed by atoms with Gasteiger partial charge < -0.3 is 0 Å². The number of hydrogen-bond acceptors (Lipinski definition) is 2. The molecular formula is C18H29FN2. The Morgan fingerprint density at radius 1 is 1.29 bits per heavy atom. The van der Waals surface area contributed by atoms with Gasteiger partial charge in [-0.1, -0.05) is 51.2 Å². The Morgan fingerprint density at radius 3 is 2.57 bits per heavy atom. The molecule has 1 unspecified atom stereocenters. The highest BCUT2D eigenvalue weighted by molar-refractivity contribution is 5.27. The molecular weight excluding hydrogens is 263 g/mol. The van der Waals surface area contributed by atoms with Gasteiger partial charge in [-0.05, 0) is 48.8 Å². The Balaban J connectivity index is 1.97. The minimum atomic E-state index is -0.141. The SMILES string of the molecule is CCCCC1CCC(C(NN)c2ccc(F)c(C)c2)CC1. The number of hydrazine groups is 1. The molecule has 0 aromatic heterocycles. The van der Waals surface area contributed by atoms with Crippen molar-refractivity contribution < 1.29 is 4.39 Å². The van der Waals surface area contributed by atoms with Crippen molar-refractivity contribution in [2.24, 2.45) is 17.7 Å². The normalized spacial score (nSPS) is 24.0. The molecule has 0 aliphatic heterocycles. The van der Waals surface area contributed by atoms with E-state index in [1.807, 2.05) is 19.1 Å². The van der Waals surface area contributed by atoms with Gasteiger partial charge in [0.25, 0.3) is 0 Å². The summed E-state index contributed by atoms with van der Waals surface area (Å²) in [5.74, 6) is 7.12. The Bertz CT molecular complexity index is 439. The van der Waals surface area contributed by atoms with E-state index < -0.39 is 0 Å². The first-order valence-corrected chi connectivity index (χ1v) is 8.37. The zero-order valence-corrected chi connectivity index (χ0v) is 13.4. The van der Waals surface area contributed by atoms with Crippen LogP contribution in [0.3, 0.4) is 0 Å². The molecule has 0 amide bonds. The fourth-order valence-electron chi connectivity index (χ4n) is 3.67. The van der Waals surface area contributed by atoms with Gasteiger partial charge in [0.15, 0.2) is 0 Å². The lowest BCUT2D eigenvalue weighted by atomic mass is 9.75. The second-order valence-corrected chi connectivity index (χ2v) is 6.58. The van der Waals surface area contributed by atoms with Gasteiger partial charge >= 0.3 is 0 Å². The van der Waals surface area contributed by atoms with Crippen molar-refractivity contribution in [3.8, 4) is 0 Å². The summed E-state index contributed by atoms with van der Waals surface area (Å²) in [6, 6.07) is 5.51. The number of unbranched alkanes of at least 4 members (excludes halogenated alkanes) is 1. The van der Waals surface area contributed by atoms with Gasteiger partial charge in [0, 0.05) is 6.04 Å². The monoisotopic (exact) mass is 292 g/mol. The Labute approximate surface area is 128 Å². The number of nitrogens with two attached hydrogens (primary N) is 1. The van der Waals surface area contributed by atoms with Gasteiger partial charge in [-0.3, -0.25) is 11.3 Å². The van der Waals surface area contributed by atoms with E-state index in [1.54, 1.807) is 6.07 Å². The van der Waals surface area contributed by atoms with E-state index in [4.69, 9.17) is 5.84 Å². The zero-order valence-electron chi connectivity index (χ0n) is 13.4. The minimum Gasteiger partial charge on any atom is -0.271 e. The summed E-state index contributed by atoms with van der Waals surface area (Å²) in [6.07, 6.45) is 9.08. The third kappa shape index (κ3) is 4.27. The predicted octanol–water partition coefficient (Wildman–Crippen LogP) is 4.64. The van der Waals surface area contributed by atoms with Crippen LogP contribution in [0.25, 0.3) is 0 Å². The fourth-order valence-corrected chi connectivity index (χ4v) is 3.67. The van der Waals surface area contributed by atoms with Crippen molar-refractivity contribution in [3.05, 3.63) is 35.1 Å². The van der Waals surface area contributed by atoms with Crippen molar-refractivity contribution in [1.82, 2.24) is 5.43 Å². The summed E-state index contributed by atoms with van der Waals surface area (Å²) in [4.78, 5) is 0. The molecule has 118 valence electrons. The lowest BCUT2D eigenvalue weighted by Gasteiger charge is -2.34. The van der Waals surface area contributed by atoms with E-state index in [1.165, 1.54) is 44.9 Å². The van der Waals surface area contributed by atoms with Crippen LogP contribution < -0.4 is 11.3 Å². The van der Waals surface area contributed by atoms with Crippen LogP contribution in [0.1, 0.15) is 69.0 Å². The third-order valence-corrected chi connectivity index (χ3v) is 5.05. The standard InChI is InChI=1S/C18H29FN2/c1-3-4-5-14-6-8-15(9-7-14)18(21-20)16-10-11-17(19)13(2)12-16/h10-12,14-15,18,21H,3-9,20H2,1-2H3. The van der Waals surface area contributed by atoms with E-state index in [-0.39, 0.29) is 11.9 Å². The smallest absolute Gasteiger partial charge is 0.126 e. The Hall–Kier alpha value is -0.930. The molecule has 1 aliphatic rings. The highest BCUT2D eigenvalue weighted by Gasteiger charge is 2.28. The van der Waals surface area contributed by atoms with Crippen LogP contribution in [0.2, 0.25) is 0 Å². The second kappa shape index (κ2) is 7.90. The topological polar surface area (TPSA) is 38.0 Å². The second-order valence-electron chi connectivity index (χ2n) is 6.58. The molecule has 3 heteroatoms. The molecule has 0 radical (unpaired) electrons. The van der Waals surface area contributed by atoms with E-state index >= 15 is 0 Å². The molecule has 1 aliphatic carbocycles. The van der Waals surface area contributed by atoms with Gasteiger partial charge in [0.2, 0.25) is 0 Å². The molecule has 21 heavy (non-hydrogen) atoms. The molecule has 1 fully saturated rings. The number of rotatable bonds is 6. The molecule has 0 saturated heterocycles. The molecule has 1 aromatic rings. The van der Waals surface area contributed by atoms with Crippen molar-refractivity contribution in [1.29, 1.82) is 0 Å². The fraction of sp³-hybridized carbons (Fsp3) is 0.667. The average molecular weight is 292 g/mol. The highest BCUT2D eigenvalue weighted by atomic mass is 19.1. The van der Waals surface area contributed by atoms with Gasteiger partial charge in [0.05, 0.1) is 0 Å². The summed E-state index contributed by atoms with van der Waals surface area (Å²) in [5, 5.41) is 0. The zero-order chi connectivity index (χ0) is 15.2. The quantitative estimate of drug-likeness (QED) is 0.592. The molecule has 2 nitrogen and oxygen atoms in total. The van der Waals surface area contributed by atoms with Crippen molar-refractivity contribution in [2.75, 3.05) is 0 Å². The first-order chi connectivity index (χ1) is 10.2. The van der Waals surface area contributed by atoms with Crippen LogP contribution in [0, 0.1) is 24.6 Å². The Morgan fingerprint density at radius 2 is 2.00 bits per heavy atom. The molecule has 0 heterocycles. The third-order valence-electron chi connectivity index (χ3n) is 5.05. The van der Waals surface area contributed by atoms with Crippen molar-refractivity contribution >= 4 is 0 Å². The summed E-state index contributed by atoms with van der Waals surface area (Å²) in [7, 11) is 0. The number of hydrogen-bond donors (Lipinski definition) is 2. The highest BCUT2D eigenvalue weighted by Crippen LogP contribution is 2.38. The van der Waals surface area contributed by atoms with Crippen LogP contribution >= 0.6 is 0 Å². The first kappa shape index (κ1) is 16.4. The number of halogens is 1. The summed E-state index contributed by atoms with van der Waals surface area (Å²) in [6.45, 7) is 4.07. The molecule has 1 aromatic carbocycles. The number of aryl methyl sites for hydroxylation is 1. The van der Waals surface area contributed by atoms with Gasteiger partial charge in [-0.25, -0.2) is 4.39 Å². The van der Waals surface area contributed by atoms with Crippen LogP contribution in [0.4, 0.5) is 4.39 Å². The number of benzene rings is 1. The molecule has 2 rings (SSSR count). The van der Waals surface area contributed by atoms with Crippen LogP contribution in [-0.2, 0) is 0 Å². The summed E-state index contributed by atoms with van der Waals surface area (Å²) < 4.78 is 13.4.